The lowest BCUT2D eigenvalue weighted by Gasteiger charge is -2.30. The molecule has 0 saturated heterocycles. The van der Waals surface area contributed by atoms with Crippen LogP contribution in [0.25, 0.3) is 0 Å². The lowest BCUT2D eigenvalue weighted by atomic mass is 9.94. The summed E-state index contributed by atoms with van der Waals surface area (Å²) in [4.78, 5) is 14.5. The quantitative estimate of drug-likeness (QED) is 0.763. The molecule has 1 saturated carbocycles. The van der Waals surface area contributed by atoms with Gasteiger partial charge in [0.1, 0.15) is 5.75 Å². The molecule has 0 unspecified atom stereocenters. The summed E-state index contributed by atoms with van der Waals surface area (Å²) in [7, 11) is 3.69. The molecule has 1 aliphatic carbocycles. The molecule has 1 aliphatic rings. The van der Waals surface area contributed by atoms with Crippen molar-refractivity contribution < 1.29 is 9.53 Å². The van der Waals surface area contributed by atoms with Gasteiger partial charge in [-0.05, 0) is 32.0 Å². The fraction of sp³-hybridized carbons (Fsp3) is 0.562. The molecule has 0 radical (unpaired) electrons. The number of hydrogen-bond donors (Lipinski definition) is 0. The van der Waals surface area contributed by atoms with Gasteiger partial charge in [0.2, 0.25) is 0 Å². The number of ketones is 1. The van der Waals surface area contributed by atoms with Gasteiger partial charge in [0.25, 0.3) is 0 Å². The Labute approximate surface area is 115 Å². The Hall–Kier alpha value is -1.35. The number of carbonyl (C=O) groups is 1. The first-order chi connectivity index (χ1) is 9.20. The Kier molecular flexibility index (Phi) is 4.97. The van der Waals surface area contributed by atoms with Crippen LogP contribution in [0.3, 0.4) is 0 Å². The predicted octanol–water partition coefficient (Wildman–Crippen LogP) is 3.14. The van der Waals surface area contributed by atoms with E-state index < -0.39 is 0 Å². The van der Waals surface area contributed by atoms with Crippen molar-refractivity contribution in [2.45, 2.75) is 38.1 Å². The van der Waals surface area contributed by atoms with Crippen molar-refractivity contribution in [3.05, 3.63) is 29.8 Å². The first-order valence-corrected chi connectivity index (χ1v) is 7.08. The fourth-order valence-corrected chi connectivity index (χ4v) is 2.77. The minimum absolute atomic E-state index is 0.173. The maximum Gasteiger partial charge on any atom is 0.176 e. The summed E-state index contributed by atoms with van der Waals surface area (Å²) < 4.78 is 5.16. The normalized spacial score (nSPS) is 16.6. The zero-order valence-electron chi connectivity index (χ0n) is 11.9. The summed E-state index contributed by atoms with van der Waals surface area (Å²) in [5.74, 6) is 0.915. The molecule has 1 fully saturated rings. The molecule has 2 rings (SSSR count). The van der Waals surface area contributed by atoms with Gasteiger partial charge >= 0.3 is 0 Å². The van der Waals surface area contributed by atoms with E-state index in [4.69, 9.17) is 4.74 Å². The van der Waals surface area contributed by atoms with Gasteiger partial charge in [0.15, 0.2) is 5.78 Å². The molecule has 0 aliphatic heterocycles. The van der Waals surface area contributed by atoms with Crippen molar-refractivity contribution >= 4 is 5.78 Å². The van der Waals surface area contributed by atoms with Crippen LogP contribution in [0.5, 0.6) is 5.75 Å². The molecule has 0 atom stereocenters. The second kappa shape index (κ2) is 6.71. The van der Waals surface area contributed by atoms with Crippen molar-refractivity contribution in [1.82, 2.24) is 4.90 Å². The number of Topliss-reactive ketones (excluding diaryl/α,β-unsaturated/α-hetero) is 1. The second-order valence-corrected chi connectivity index (χ2v) is 5.36. The Morgan fingerprint density at radius 3 is 2.74 bits per heavy atom. The van der Waals surface area contributed by atoms with Crippen molar-refractivity contribution in [2.75, 3.05) is 20.7 Å². The van der Waals surface area contributed by atoms with Gasteiger partial charge in [-0.15, -0.1) is 0 Å². The van der Waals surface area contributed by atoms with Gasteiger partial charge in [0, 0.05) is 11.6 Å². The van der Waals surface area contributed by atoms with Gasteiger partial charge < -0.3 is 4.74 Å². The molecule has 1 aromatic rings. The van der Waals surface area contributed by atoms with Crippen LogP contribution in [0.1, 0.15) is 42.5 Å². The molecule has 3 nitrogen and oxygen atoms in total. The van der Waals surface area contributed by atoms with Crippen LogP contribution in [-0.2, 0) is 0 Å². The van der Waals surface area contributed by atoms with Gasteiger partial charge in [-0.2, -0.15) is 0 Å². The lowest BCUT2D eigenvalue weighted by Crippen LogP contribution is -2.37. The Morgan fingerprint density at radius 1 is 1.32 bits per heavy atom. The van der Waals surface area contributed by atoms with Crippen LogP contribution in [0, 0.1) is 0 Å². The van der Waals surface area contributed by atoms with Crippen molar-refractivity contribution in [1.29, 1.82) is 0 Å². The van der Waals surface area contributed by atoms with E-state index in [1.807, 2.05) is 24.3 Å². The van der Waals surface area contributed by atoms with Gasteiger partial charge in [0.05, 0.1) is 13.7 Å². The second-order valence-electron chi connectivity index (χ2n) is 5.36. The van der Waals surface area contributed by atoms with Crippen molar-refractivity contribution in [3.63, 3.8) is 0 Å². The highest BCUT2D eigenvalue weighted by Gasteiger charge is 2.20. The highest BCUT2D eigenvalue weighted by atomic mass is 16.5. The molecule has 0 aromatic heterocycles. The third-order valence-corrected chi connectivity index (χ3v) is 3.98. The zero-order valence-corrected chi connectivity index (χ0v) is 11.9. The highest BCUT2D eigenvalue weighted by Crippen LogP contribution is 2.22. The first kappa shape index (κ1) is 14.1. The number of hydrogen-bond acceptors (Lipinski definition) is 3. The summed E-state index contributed by atoms with van der Waals surface area (Å²) in [5, 5.41) is 0. The highest BCUT2D eigenvalue weighted by molar-refractivity contribution is 5.97. The van der Waals surface area contributed by atoms with Crippen molar-refractivity contribution in [2.24, 2.45) is 0 Å². The van der Waals surface area contributed by atoms with Crippen LogP contribution in [0.2, 0.25) is 0 Å². The van der Waals surface area contributed by atoms with Crippen LogP contribution < -0.4 is 4.74 Å². The van der Waals surface area contributed by atoms with Gasteiger partial charge in [-0.25, -0.2) is 0 Å². The Balaban J connectivity index is 1.95. The van der Waals surface area contributed by atoms with Crippen LogP contribution in [0.4, 0.5) is 0 Å². The number of ether oxygens (including phenoxy) is 1. The van der Waals surface area contributed by atoms with E-state index in [-0.39, 0.29) is 5.78 Å². The molecular formula is C16H23NO2. The van der Waals surface area contributed by atoms with E-state index in [1.165, 1.54) is 32.1 Å². The molecule has 0 heterocycles. The maximum atomic E-state index is 12.3. The summed E-state index contributed by atoms with van der Waals surface area (Å²) in [6.45, 7) is 0.498. The van der Waals surface area contributed by atoms with Crippen LogP contribution in [-0.4, -0.2) is 37.4 Å². The monoisotopic (exact) mass is 261 g/mol. The average molecular weight is 261 g/mol. The molecule has 1 aromatic carbocycles. The molecular weight excluding hydrogens is 238 g/mol. The molecule has 104 valence electrons. The molecule has 0 amide bonds. The third kappa shape index (κ3) is 3.80. The summed E-state index contributed by atoms with van der Waals surface area (Å²) in [6, 6.07) is 7.98. The van der Waals surface area contributed by atoms with E-state index >= 15 is 0 Å². The Morgan fingerprint density at radius 2 is 2.05 bits per heavy atom. The average Bonchev–Trinajstić information content (AvgIpc) is 2.48. The molecule has 0 N–H and O–H groups in total. The standard InChI is InChI=1S/C16H23NO2/c1-17(14-8-4-3-5-9-14)12-16(18)13-7-6-10-15(11-13)19-2/h6-7,10-11,14H,3-5,8-9,12H2,1-2H3. The first-order valence-electron chi connectivity index (χ1n) is 7.08. The minimum atomic E-state index is 0.173. The number of rotatable bonds is 5. The zero-order chi connectivity index (χ0) is 13.7. The SMILES string of the molecule is COc1cccc(C(=O)CN(C)C2CCCCC2)c1. The number of methoxy groups -OCH3 is 1. The number of likely N-dealkylation sites (N-methyl/N-ethyl adjacent to an activating group) is 1. The van der Waals surface area contributed by atoms with E-state index in [0.29, 0.717) is 12.6 Å². The smallest absolute Gasteiger partial charge is 0.176 e. The van der Waals surface area contributed by atoms with E-state index in [9.17, 15) is 4.79 Å². The maximum absolute atomic E-state index is 12.3. The fourth-order valence-electron chi connectivity index (χ4n) is 2.77. The van der Waals surface area contributed by atoms with Crippen LogP contribution >= 0.6 is 0 Å². The predicted molar refractivity (Wildman–Crippen MR) is 76.8 cm³/mol. The Bertz CT molecular complexity index is 425. The molecule has 19 heavy (non-hydrogen) atoms. The summed E-state index contributed by atoms with van der Waals surface area (Å²) in [6.07, 6.45) is 6.38. The van der Waals surface area contributed by atoms with Crippen molar-refractivity contribution in [3.8, 4) is 5.75 Å². The molecule has 0 bridgehead atoms. The van der Waals surface area contributed by atoms with E-state index in [0.717, 1.165) is 11.3 Å². The summed E-state index contributed by atoms with van der Waals surface area (Å²) in [5.41, 5.74) is 0.738. The number of carbonyl (C=O) groups excluding carboxylic acids is 1. The largest absolute Gasteiger partial charge is 0.497 e. The number of nitrogens with zero attached hydrogens (tertiary/aromatic N) is 1. The third-order valence-electron chi connectivity index (χ3n) is 3.98. The van der Waals surface area contributed by atoms with Crippen LogP contribution in [0.15, 0.2) is 24.3 Å². The number of benzene rings is 1. The van der Waals surface area contributed by atoms with Gasteiger partial charge in [-0.3, -0.25) is 9.69 Å². The van der Waals surface area contributed by atoms with Gasteiger partial charge in [-0.1, -0.05) is 31.4 Å². The van der Waals surface area contributed by atoms with E-state index in [1.54, 1.807) is 7.11 Å². The molecule has 0 spiro atoms. The topological polar surface area (TPSA) is 29.5 Å². The van der Waals surface area contributed by atoms with E-state index in [2.05, 4.69) is 11.9 Å². The summed E-state index contributed by atoms with van der Waals surface area (Å²) >= 11 is 0. The molecule has 3 heteroatoms. The minimum Gasteiger partial charge on any atom is -0.497 e. The lowest BCUT2D eigenvalue weighted by molar-refractivity contribution is 0.0899.